The smallest absolute Gasteiger partial charge is 0.147 e. The normalized spacial score (nSPS) is 13.6. The lowest BCUT2D eigenvalue weighted by Gasteiger charge is -2.15. The van der Waals surface area contributed by atoms with Gasteiger partial charge < -0.3 is 9.88 Å². The van der Waals surface area contributed by atoms with Gasteiger partial charge in [0.1, 0.15) is 11.6 Å². The van der Waals surface area contributed by atoms with Gasteiger partial charge in [-0.05, 0) is 48.1 Å². The Labute approximate surface area is 148 Å². The molecule has 0 amide bonds. The van der Waals surface area contributed by atoms with Crippen LogP contribution in [-0.4, -0.2) is 14.8 Å². The lowest BCUT2D eigenvalue weighted by atomic mass is 9.99. The molecule has 0 radical (unpaired) electrons. The first-order chi connectivity index (χ1) is 12.3. The van der Waals surface area contributed by atoms with Crippen molar-refractivity contribution in [2.24, 2.45) is 0 Å². The molecule has 4 nitrogen and oxygen atoms in total. The molecule has 3 aromatic rings. The van der Waals surface area contributed by atoms with E-state index in [1.54, 1.807) is 0 Å². The van der Waals surface area contributed by atoms with E-state index in [2.05, 4.69) is 75.5 Å². The van der Waals surface area contributed by atoms with Gasteiger partial charge in [0.15, 0.2) is 0 Å². The molecule has 0 fully saturated rings. The van der Waals surface area contributed by atoms with E-state index in [4.69, 9.17) is 0 Å². The molecule has 0 bridgehead atoms. The van der Waals surface area contributed by atoms with Crippen LogP contribution in [0.1, 0.15) is 35.6 Å². The summed E-state index contributed by atoms with van der Waals surface area (Å²) in [6.07, 6.45) is 3.53. The molecule has 4 rings (SSSR count). The molecule has 1 aliphatic heterocycles. The van der Waals surface area contributed by atoms with Crippen LogP contribution in [-0.2, 0) is 26.1 Å². The number of fused-ring (bicyclic) bond motifs is 1. The van der Waals surface area contributed by atoms with Crippen molar-refractivity contribution in [3.63, 3.8) is 0 Å². The highest BCUT2D eigenvalue weighted by Crippen LogP contribution is 2.24. The molecule has 1 aliphatic rings. The second-order valence-electron chi connectivity index (χ2n) is 6.76. The summed E-state index contributed by atoms with van der Waals surface area (Å²) in [4.78, 5) is 0. The van der Waals surface area contributed by atoms with Crippen LogP contribution >= 0.6 is 0 Å². The number of hydrogen-bond donors (Lipinski definition) is 1. The van der Waals surface area contributed by atoms with Crippen LogP contribution in [0.25, 0.3) is 11.1 Å². The van der Waals surface area contributed by atoms with E-state index in [1.165, 1.54) is 35.1 Å². The van der Waals surface area contributed by atoms with Crippen LogP contribution < -0.4 is 5.32 Å². The van der Waals surface area contributed by atoms with Crippen LogP contribution in [0.2, 0.25) is 0 Å². The van der Waals surface area contributed by atoms with Crippen LogP contribution in [0.5, 0.6) is 0 Å². The first-order valence-corrected chi connectivity index (χ1v) is 9.08. The molecule has 0 unspecified atom stereocenters. The van der Waals surface area contributed by atoms with E-state index in [0.29, 0.717) is 0 Å². The Balaban J connectivity index is 1.43. The van der Waals surface area contributed by atoms with Gasteiger partial charge in [0.25, 0.3) is 0 Å². The zero-order chi connectivity index (χ0) is 17.1. The summed E-state index contributed by atoms with van der Waals surface area (Å²) in [5.41, 5.74) is 5.18. The maximum Gasteiger partial charge on any atom is 0.147 e. The summed E-state index contributed by atoms with van der Waals surface area (Å²) in [5, 5.41) is 12.2. The van der Waals surface area contributed by atoms with Crippen LogP contribution in [0.15, 0.2) is 48.5 Å². The molecule has 0 saturated carbocycles. The maximum absolute atomic E-state index is 4.36. The number of hydrogen-bond acceptors (Lipinski definition) is 3. The number of aryl methyl sites for hydroxylation is 2. The van der Waals surface area contributed by atoms with Crippen molar-refractivity contribution in [2.75, 3.05) is 0 Å². The molecule has 2 heterocycles. The third-order valence-corrected chi connectivity index (χ3v) is 4.93. The molecule has 0 atom stereocenters. The van der Waals surface area contributed by atoms with Crippen molar-refractivity contribution in [3.05, 3.63) is 71.3 Å². The lowest BCUT2D eigenvalue weighted by Crippen LogP contribution is -2.19. The number of nitrogens with zero attached hydrogens (tertiary/aromatic N) is 3. The zero-order valence-electron chi connectivity index (χ0n) is 14.7. The third kappa shape index (κ3) is 3.49. The average Bonchev–Trinajstić information content (AvgIpc) is 3.06. The fraction of sp³-hybridized carbons (Fsp3) is 0.333. The lowest BCUT2D eigenvalue weighted by molar-refractivity contribution is 0.497. The number of rotatable bonds is 5. The second kappa shape index (κ2) is 7.19. The van der Waals surface area contributed by atoms with E-state index >= 15 is 0 Å². The van der Waals surface area contributed by atoms with Crippen molar-refractivity contribution in [1.29, 1.82) is 0 Å². The van der Waals surface area contributed by atoms with Gasteiger partial charge in [0.2, 0.25) is 0 Å². The van der Waals surface area contributed by atoms with E-state index in [-0.39, 0.29) is 0 Å². The highest BCUT2D eigenvalue weighted by Gasteiger charge is 2.15. The topological polar surface area (TPSA) is 42.7 Å². The van der Waals surface area contributed by atoms with E-state index < -0.39 is 0 Å². The molecule has 1 aromatic heterocycles. The molecule has 4 heteroatoms. The SMILES string of the molecule is Cc1ccccc1-c1cccc(CNCc2nnc3n2CCCC3)c1. The van der Waals surface area contributed by atoms with Crippen LogP contribution in [0.4, 0.5) is 0 Å². The Morgan fingerprint density at radius 2 is 1.92 bits per heavy atom. The Morgan fingerprint density at radius 3 is 2.84 bits per heavy atom. The van der Waals surface area contributed by atoms with Crippen molar-refractivity contribution >= 4 is 0 Å². The standard InChI is InChI=1S/C21H24N4/c1-16-7-2-3-10-19(16)18-9-6-8-17(13-18)14-22-15-21-24-23-20-11-4-5-12-25(20)21/h2-3,6-10,13,22H,4-5,11-12,14-15H2,1H3. The minimum absolute atomic E-state index is 0.765. The molecular formula is C21H24N4. The average molecular weight is 332 g/mol. The predicted octanol–water partition coefficient (Wildman–Crippen LogP) is 3.88. The van der Waals surface area contributed by atoms with Crippen molar-refractivity contribution < 1.29 is 0 Å². The minimum atomic E-state index is 0.765. The molecule has 0 spiro atoms. The fourth-order valence-electron chi connectivity index (χ4n) is 3.56. The van der Waals surface area contributed by atoms with Gasteiger partial charge in [0, 0.05) is 19.5 Å². The minimum Gasteiger partial charge on any atom is -0.314 e. The van der Waals surface area contributed by atoms with Crippen molar-refractivity contribution in [2.45, 2.75) is 45.8 Å². The summed E-state index contributed by atoms with van der Waals surface area (Å²) >= 11 is 0. The number of benzene rings is 2. The van der Waals surface area contributed by atoms with Crippen molar-refractivity contribution in [3.8, 4) is 11.1 Å². The summed E-state index contributed by atoms with van der Waals surface area (Å²) in [6.45, 7) is 4.82. The Kier molecular flexibility index (Phi) is 4.61. The van der Waals surface area contributed by atoms with Gasteiger partial charge in [-0.2, -0.15) is 0 Å². The second-order valence-corrected chi connectivity index (χ2v) is 6.76. The van der Waals surface area contributed by atoms with Gasteiger partial charge in [-0.15, -0.1) is 10.2 Å². The van der Waals surface area contributed by atoms with E-state index in [1.807, 2.05) is 0 Å². The van der Waals surface area contributed by atoms with Crippen LogP contribution in [0, 0.1) is 6.92 Å². The Hall–Kier alpha value is -2.46. The number of nitrogens with one attached hydrogen (secondary N) is 1. The van der Waals surface area contributed by atoms with Gasteiger partial charge in [-0.3, -0.25) is 0 Å². The molecule has 1 N–H and O–H groups in total. The predicted molar refractivity (Wildman–Crippen MR) is 100 cm³/mol. The molecular weight excluding hydrogens is 308 g/mol. The van der Waals surface area contributed by atoms with Crippen LogP contribution in [0.3, 0.4) is 0 Å². The summed E-state index contributed by atoms with van der Waals surface area (Å²) in [7, 11) is 0. The van der Waals surface area contributed by atoms with Gasteiger partial charge >= 0.3 is 0 Å². The van der Waals surface area contributed by atoms with E-state index in [0.717, 1.165) is 37.7 Å². The van der Waals surface area contributed by atoms with Gasteiger partial charge in [-0.25, -0.2) is 0 Å². The largest absolute Gasteiger partial charge is 0.314 e. The van der Waals surface area contributed by atoms with E-state index in [9.17, 15) is 0 Å². The quantitative estimate of drug-likeness (QED) is 0.771. The van der Waals surface area contributed by atoms with Crippen molar-refractivity contribution in [1.82, 2.24) is 20.1 Å². The third-order valence-electron chi connectivity index (χ3n) is 4.93. The summed E-state index contributed by atoms with van der Waals surface area (Å²) in [6, 6.07) is 17.3. The monoisotopic (exact) mass is 332 g/mol. The molecule has 128 valence electrons. The van der Waals surface area contributed by atoms with Gasteiger partial charge in [0.05, 0.1) is 6.54 Å². The zero-order valence-corrected chi connectivity index (χ0v) is 14.7. The Morgan fingerprint density at radius 1 is 1.00 bits per heavy atom. The van der Waals surface area contributed by atoms with Gasteiger partial charge in [-0.1, -0.05) is 42.5 Å². The Bertz CT molecular complexity index is 866. The highest BCUT2D eigenvalue weighted by atomic mass is 15.3. The molecule has 0 saturated heterocycles. The molecule has 25 heavy (non-hydrogen) atoms. The first-order valence-electron chi connectivity index (χ1n) is 9.08. The summed E-state index contributed by atoms with van der Waals surface area (Å²) < 4.78 is 2.28. The maximum atomic E-state index is 4.36. The molecule has 0 aliphatic carbocycles. The highest BCUT2D eigenvalue weighted by molar-refractivity contribution is 5.67. The number of aromatic nitrogens is 3. The summed E-state index contributed by atoms with van der Waals surface area (Å²) in [5.74, 6) is 2.20. The first kappa shape index (κ1) is 16.0. The molecule has 2 aromatic carbocycles. The fourth-order valence-corrected chi connectivity index (χ4v) is 3.56.